The van der Waals surface area contributed by atoms with Gasteiger partial charge in [-0.15, -0.1) is 0 Å². The van der Waals surface area contributed by atoms with Crippen molar-refractivity contribution in [3.63, 3.8) is 0 Å². The largest absolute Gasteiger partial charge is 0.456 e. The standard InChI is InChI=1S/C20H24O7/c21-19-9-7-15-17(26-19)5-3-13-11(24-15)1-2-12-14(23-13)4-6-18-16(25-12)8-10-20(22)27-18/h7-18H,1-6H2/t11-,12+,13+,14-,15+,16-,17-,18+. The van der Waals surface area contributed by atoms with Gasteiger partial charge in [-0.1, -0.05) is 0 Å². The maximum Gasteiger partial charge on any atom is 0.330 e. The van der Waals surface area contributed by atoms with Gasteiger partial charge >= 0.3 is 11.9 Å². The van der Waals surface area contributed by atoms with Gasteiger partial charge in [-0.2, -0.15) is 0 Å². The highest BCUT2D eigenvalue weighted by Gasteiger charge is 2.44. The molecule has 3 saturated heterocycles. The number of hydrogen-bond donors (Lipinski definition) is 0. The molecule has 0 aromatic carbocycles. The fraction of sp³-hybridized carbons (Fsp3) is 0.700. The number of fused-ring (bicyclic) bond motifs is 4. The van der Waals surface area contributed by atoms with Crippen LogP contribution >= 0.6 is 0 Å². The van der Waals surface area contributed by atoms with Gasteiger partial charge < -0.3 is 23.7 Å². The Bertz CT molecular complexity index is 615. The smallest absolute Gasteiger partial charge is 0.330 e. The van der Waals surface area contributed by atoms with Crippen LogP contribution in [0, 0.1) is 0 Å². The molecule has 146 valence electrons. The predicted octanol–water partition coefficient (Wildman–Crippen LogP) is 1.59. The Kier molecular flexibility index (Phi) is 4.53. The van der Waals surface area contributed by atoms with E-state index in [1.54, 1.807) is 0 Å². The molecule has 0 spiro atoms. The normalized spacial score (nSPS) is 46.4. The van der Waals surface area contributed by atoms with Crippen LogP contribution in [0.5, 0.6) is 0 Å². The van der Waals surface area contributed by atoms with Gasteiger partial charge in [0.25, 0.3) is 0 Å². The zero-order valence-electron chi connectivity index (χ0n) is 15.0. The molecule has 0 aliphatic carbocycles. The molecule has 0 unspecified atom stereocenters. The maximum absolute atomic E-state index is 11.5. The minimum atomic E-state index is -0.301. The van der Waals surface area contributed by atoms with Crippen molar-refractivity contribution in [3.8, 4) is 0 Å². The van der Waals surface area contributed by atoms with Gasteiger partial charge in [0.05, 0.1) is 24.4 Å². The van der Waals surface area contributed by atoms with E-state index in [-0.39, 0.29) is 60.8 Å². The molecular weight excluding hydrogens is 352 g/mol. The van der Waals surface area contributed by atoms with E-state index in [0.29, 0.717) is 0 Å². The van der Waals surface area contributed by atoms with Crippen molar-refractivity contribution in [2.45, 2.75) is 87.4 Å². The Morgan fingerprint density at radius 3 is 1.37 bits per heavy atom. The average molecular weight is 376 g/mol. The fourth-order valence-electron chi connectivity index (χ4n) is 4.80. The highest BCUT2D eigenvalue weighted by molar-refractivity contribution is 5.83. The Morgan fingerprint density at radius 2 is 0.926 bits per heavy atom. The zero-order valence-corrected chi connectivity index (χ0v) is 15.0. The van der Waals surface area contributed by atoms with Crippen molar-refractivity contribution in [1.29, 1.82) is 0 Å². The van der Waals surface area contributed by atoms with Crippen molar-refractivity contribution in [2.24, 2.45) is 0 Å². The molecule has 5 heterocycles. The molecule has 0 amide bonds. The van der Waals surface area contributed by atoms with E-state index < -0.39 is 0 Å². The summed E-state index contributed by atoms with van der Waals surface area (Å²) >= 11 is 0. The van der Waals surface area contributed by atoms with E-state index >= 15 is 0 Å². The molecule has 0 radical (unpaired) electrons. The third-order valence-electron chi connectivity index (χ3n) is 6.16. The quantitative estimate of drug-likeness (QED) is 0.594. The van der Waals surface area contributed by atoms with Crippen LogP contribution in [0.25, 0.3) is 0 Å². The van der Waals surface area contributed by atoms with Gasteiger partial charge in [-0.05, 0) is 50.7 Å². The number of carbonyl (C=O) groups excluding carboxylic acids is 2. The molecule has 0 N–H and O–H groups in total. The van der Waals surface area contributed by atoms with E-state index in [4.69, 9.17) is 23.7 Å². The first kappa shape index (κ1) is 17.4. The molecule has 7 heteroatoms. The Hall–Kier alpha value is -1.70. The Balaban J connectivity index is 1.31. The second kappa shape index (κ2) is 7.04. The number of carbonyl (C=O) groups is 2. The van der Waals surface area contributed by atoms with Gasteiger partial charge in [-0.25, -0.2) is 9.59 Å². The summed E-state index contributed by atoms with van der Waals surface area (Å²) in [6.45, 7) is 0. The lowest BCUT2D eigenvalue weighted by molar-refractivity contribution is -0.156. The summed E-state index contributed by atoms with van der Waals surface area (Å²) in [6.07, 6.45) is 10.2. The molecule has 5 aliphatic rings. The highest BCUT2D eigenvalue weighted by atomic mass is 16.6. The predicted molar refractivity (Wildman–Crippen MR) is 91.7 cm³/mol. The molecular formula is C20H24O7. The number of ether oxygens (including phenoxy) is 5. The van der Waals surface area contributed by atoms with Gasteiger partial charge in [0, 0.05) is 12.2 Å². The van der Waals surface area contributed by atoms with E-state index in [2.05, 4.69) is 0 Å². The Morgan fingerprint density at radius 1 is 0.556 bits per heavy atom. The van der Waals surface area contributed by atoms with Crippen molar-refractivity contribution >= 4 is 11.9 Å². The molecule has 27 heavy (non-hydrogen) atoms. The van der Waals surface area contributed by atoms with Gasteiger partial charge in [0.2, 0.25) is 0 Å². The number of hydrogen-bond acceptors (Lipinski definition) is 7. The molecule has 5 rings (SSSR count). The van der Waals surface area contributed by atoms with Crippen molar-refractivity contribution in [2.75, 3.05) is 0 Å². The van der Waals surface area contributed by atoms with Crippen molar-refractivity contribution < 1.29 is 33.3 Å². The summed E-state index contributed by atoms with van der Waals surface area (Å²) in [6, 6.07) is 0. The minimum absolute atomic E-state index is 0.0347. The molecule has 0 aromatic rings. The van der Waals surface area contributed by atoms with E-state index in [1.807, 2.05) is 12.2 Å². The lowest BCUT2D eigenvalue weighted by Crippen LogP contribution is -2.37. The first-order valence-corrected chi connectivity index (χ1v) is 9.90. The maximum atomic E-state index is 11.5. The second-order valence-electron chi connectivity index (χ2n) is 7.89. The molecule has 5 aliphatic heterocycles. The summed E-state index contributed by atoms with van der Waals surface area (Å²) in [7, 11) is 0. The van der Waals surface area contributed by atoms with Crippen LogP contribution in [0.15, 0.2) is 24.3 Å². The molecule has 0 aromatic heterocycles. The van der Waals surface area contributed by atoms with Gasteiger partial charge in [0.15, 0.2) is 0 Å². The first-order valence-electron chi connectivity index (χ1n) is 9.90. The third kappa shape index (κ3) is 3.44. The lowest BCUT2D eigenvalue weighted by Gasteiger charge is -2.28. The fourth-order valence-corrected chi connectivity index (χ4v) is 4.80. The number of esters is 2. The molecule has 8 atom stereocenters. The summed E-state index contributed by atoms with van der Waals surface area (Å²) in [5.74, 6) is -0.601. The summed E-state index contributed by atoms with van der Waals surface area (Å²) in [5, 5.41) is 0. The minimum Gasteiger partial charge on any atom is -0.456 e. The molecule has 0 bridgehead atoms. The van der Waals surface area contributed by atoms with Gasteiger partial charge in [-0.3, -0.25) is 0 Å². The highest BCUT2D eigenvalue weighted by Crippen LogP contribution is 2.37. The van der Waals surface area contributed by atoms with Crippen LogP contribution in [-0.2, 0) is 33.3 Å². The monoisotopic (exact) mass is 376 g/mol. The van der Waals surface area contributed by atoms with Crippen LogP contribution in [0.3, 0.4) is 0 Å². The van der Waals surface area contributed by atoms with Crippen LogP contribution in [0.1, 0.15) is 38.5 Å². The van der Waals surface area contributed by atoms with Gasteiger partial charge in [0.1, 0.15) is 24.4 Å². The lowest BCUT2D eigenvalue weighted by atomic mass is 10.0. The molecule has 0 saturated carbocycles. The zero-order chi connectivity index (χ0) is 18.4. The van der Waals surface area contributed by atoms with Crippen molar-refractivity contribution in [1.82, 2.24) is 0 Å². The topological polar surface area (TPSA) is 80.3 Å². The summed E-state index contributed by atoms with van der Waals surface area (Å²) < 4.78 is 29.9. The molecule has 7 nitrogen and oxygen atoms in total. The summed E-state index contributed by atoms with van der Waals surface area (Å²) in [4.78, 5) is 23.0. The first-order chi connectivity index (χ1) is 13.2. The van der Waals surface area contributed by atoms with E-state index in [9.17, 15) is 9.59 Å². The average Bonchev–Trinajstić information content (AvgIpc) is 3.00. The number of rotatable bonds is 0. The SMILES string of the molecule is O=C1C=C[C@H]2O[C@H]3CC[C@H]4O[C@H]5C=CC(=O)O[C@@H]5CC[C@@H]4O[C@@H]3CC[C@@H]2O1. The molecule has 3 fully saturated rings. The van der Waals surface area contributed by atoms with Crippen LogP contribution in [-0.4, -0.2) is 60.8 Å². The van der Waals surface area contributed by atoms with E-state index in [1.165, 1.54) is 12.2 Å². The van der Waals surface area contributed by atoms with Crippen LogP contribution in [0.2, 0.25) is 0 Å². The second-order valence-corrected chi connectivity index (χ2v) is 7.89. The van der Waals surface area contributed by atoms with Crippen LogP contribution < -0.4 is 0 Å². The van der Waals surface area contributed by atoms with Crippen molar-refractivity contribution in [3.05, 3.63) is 24.3 Å². The third-order valence-corrected chi connectivity index (χ3v) is 6.16. The van der Waals surface area contributed by atoms with Crippen LogP contribution in [0.4, 0.5) is 0 Å². The Labute approximate surface area is 157 Å². The summed E-state index contributed by atoms with van der Waals surface area (Å²) in [5.41, 5.74) is 0. The van der Waals surface area contributed by atoms with E-state index in [0.717, 1.165) is 38.5 Å².